The number of nitrogens with one attached hydrogen (secondary N) is 1. The minimum atomic E-state index is -2.14. The van der Waals surface area contributed by atoms with E-state index in [1.54, 1.807) is 37.3 Å². The van der Waals surface area contributed by atoms with Crippen molar-refractivity contribution in [2.75, 3.05) is 0 Å². The maximum atomic E-state index is 13.9. The Hall–Kier alpha value is -3.73. The fourth-order valence-corrected chi connectivity index (χ4v) is 4.60. The van der Waals surface area contributed by atoms with E-state index in [0.29, 0.717) is 5.56 Å². The molecule has 2 aliphatic rings. The fourth-order valence-electron chi connectivity index (χ4n) is 4.60. The molecule has 7 heteroatoms. The highest BCUT2D eigenvalue weighted by atomic mass is 19.1. The number of rotatable bonds is 2. The molecule has 2 aliphatic heterocycles. The van der Waals surface area contributed by atoms with Gasteiger partial charge in [-0.15, -0.1) is 0 Å². The Morgan fingerprint density at radius 1 is 0.966 bits per heavy atom. The van der Waals surface area contributed by atoms with Gasteiger partial charge in [0.2, 0.25) is 17.1 Å². The lowest BCUT2D eigenvalue weighted by atomic mass is 9.52. The first-order valence-corrected chi connectivity index (χ1v) is 8.88. The number of hydrogen-bond donors (Lipinski definition) is 1. The zero-order valence-corrected chi connectivity index (χ0v) is 15.4. The summed E-state index contributed by atoms with van der Waals surface area (Å²) < 4.78 is 25.8. The molecule has 0 aromatic heterocycles. The second kappa shape index (κ2) is 6.14. The molecule has 0 unspecified atom stereocenters. The van der Waals surface area contributed by atoms with Crippen molar-refractivity contribution in [3.63, 3.8) is 0 Å². The van der Waals surface area contributed by atoms with Crippen LogP contribution in [0.25, 0.3) is 0 Å². The average Bonchev–Trinajstić information content (AvgIpc) is 2.91. The molecule has 0 radical (unpaired) electrons. The van der Waals surface area contributed by atoms with Gasteiger partial charge < -0.3 is 9.47 Å². The lowest BCUT2D eigenvalue weighted by Gasteiger charge is -2.48. The zero-order chi connectivity index (χ0) is 20.9. The number of halogens is 1. The molecule has 2 fully saturated rings. The molecule has 142 valence electrons. The first kappa shape index (κ1) is 18.6. The molecule has 1 N–H and O–H groups in total. The number of fused-ring (bicyclic) bond motifs is 2. The van der Waals surface area contributed by atoms with E-state index in [0.717, 1.165) is 6.07 Å². The van der Waals surface area contributed by atoms with E-state index >= 15 is 0 Å². The Labute approximate surface area is 166 Å². The van der Waals surface area contributed by atoms with Gasteiger partial charge in [0.15, 0.2) is 5.41 Å². The summed E-state index contributed by atoms with van der Waals surface area (Å²) >= 11 is 0. The molecule has 0 saturated carbocycles. The summed E-state index contributed by atoms with van der Waals surface area (Å²) in [5.74, 6) is -3.47. The van der Waals surface area contributed by atoms with Crippen LogP contribution in [-0.4, -0.2) is 11.7 Å². The molecule has 2 aromatic carbocycles. The number of hydrogen-bond acceptors (Lipinski definition) is 6. The van der Waals surface area contributed by atoms with Gasteiger partial charge in [-0.1, -0.05) is 42.5 Å². The summed E-state index contributed by atoms with van der Waals surface area (Å²) in [6, 6.07) is 20.1. The Morgan fingerprint density at radius 3 is 2.21 bits per heavy atom. The van der Waals surface area contributed by atoms with Crippen molar-refractivity contribution in [2.45, 2.75) is 24.7 Å². The monoisotopic (exact) mass is 386 g/mol. The lowest BCUT2D eigenvalue weighted by Crippen LogP contribution is -2.57. The topological polar surface area (TPSA) is 114 Å². The highest BCUT2D eigenvalue weighted by Crippen LogP contribution is 2.69. The molecule has 0 aliphatic carbocycles. The average molecular weight is 386 g/mol. The van der Waals surface area contributed by atoms with Gasteiger partial charge in [0.05, 0.1) is 24.1 Å². The third-order valence-electron chi connectivity index (χ3n) is 5.80. The standard InChI is InChI=1S/C22H15FN4O2/c1-20-17(14-6-3-2-4-7-14)22(13-26,19(27)29-20)21(11-24,12-25)18(28-20)15-8-5-9-16(23)10-15/h2-10,17-18,27H,1H3/t17-,18+,20-,22-/m1/s1. The van der Waals surface area contributed by atoms with Crippen LogP contribution in [0, 0.1) is 56.0 Å². The Morgan fingerprint density at radius 2 is 1.62 bits per heavy atom. The van der Waals surface area contributed by atoms with Crippen LogP contribution in [-0.2, 0) is 9.47 Å². The molecule has 0 amide bonds. The SMILES string of the molecule is C[C@@]12OC(=N)[C@@](C#N)([C@@H]1c1ccccc1)C(C#N)(C#N)[C@H](c1cccc(F)c1)O2. The predicted molar refractivity (Wildman–Crippen MR) is 98.3 cm³/mol. The molecule has 2 heterocycles. The molecule has 4 atom stereocenters. The van der Waals surface area contributed by atoms with Crippen molar-refractivity contribution in [3.8, 4) is 18.2 Å². The lowest BCUT2D eigenvalue weighted by molar-refractivity contribution is -0.253. The zero-order valence-electron chi connectivity index (χ0n) is 15.4. The maximum Gasteiger partial charge on any atom is 0.218 e. The smallest absolute Gasteiger partial charge is 0.218 e. The predicted octanol–water partition coefficient (Wildman–Crippen LogP) is 3.95. The molecule has 29 heavy (non-hydrogen) atoms. The first-order valence-electron chi connectivity index (χ1n) is 8.88. The first-order chi connectivity index (χ1) is 13.9. The van der Waals surface area contributed by atoms with E-state index in [1.165, 1.54) is 18.2 Å². The summed E-state index contributed by atoms with van der Waals surface area (Å²) in [5.41, 5.74) is -3.25. The highest BCUT2D eigenvalue weighted by molar-refractivity contribution is 5.90. The third kappa shape index (κ3) is 2.18. The van der Waals surface area contributed by atoms with Crippen LogP contribution < -0.4 is 0 Å². The Balaban J connectivity index is 2.05. The van der Waals surface area contributed by atoms with E-state index < -0.39 is 40.4 Å². The van der Waals surface area contributed by atoms with E-state index in [4.69, 9.17) is 14.9 Å². The molecule has 4 rings (SSSR count). The van der Waals surface area contributed by atoms with Gasteiger partial charge in [0.1, 0.15) is 11.9 Å². The Kier molecular flexibility index (Phi) is 3.94. The van der Waals surface area contributed by atoms with Crippen molar-refractivity contribution in [1.82, 2.24) is 0 Å². The second-order valence-electron chi connectivity index (χ2n) is 7.30. The quantitative estimate of drug-likeness (QED) is 0.839. The van der Waals surface area contributed by atoms with Crippen molar-refractivity contribution < 1.29 is 13.9 Å². The molecular formula is C22H15FN4O2. The minimum Gasteiger partial charge on any atom is -0.447 e. The van der Waals surface area contributed by atoms with E-state index in [-0.39, 0.29) is 5.56 Å². The Bertz CT molecular complexity index is 1120. The molecule has 2 aromatic rings. The van der Waals surface area contributed by atoms with E-state index in [9.17, 15) is 20.2 Å². The minimum absolute atomic E-state index is 0.226. The number of ether oxygens (including phenoxy) is 2. The number of benzene rings is 2. The van der Waals surface area contributed by atoms with Gasteiger partial charge >= 0.3 is 0 Å². The van der Waals surface area contributed by atoms with E-state index in [2.05, 4.69) is 6.07 Å². The summed E-state index contributed by atoms with van der Waals surface area (Å²) in [5, 5.41) is 39.1. The molecule has 0 spiro atoms. The normalized spacial score (nSPS) is 31.8. The van der Waals surface area contributed by atoms with Crippen LogP contribution in [0.3, 0.4) is 0 Å². The van der Waals surface area contributed by atoms with Gasteiger partial charge in [0, 0.05) is 6.92 Å². The van der Waals surface area contributed by atoms with Gasteiger partial charge in [-0.05, 0) is 23.3 Å². The maximum absolute atomic E-state index is 13.9. The van der Waals surface area contributed by atoms with Gasteiger partial charge in [-0.3, -0.25) is 5.41 Å². The van der Waals surface area contributed by atoms with Crippen LogP contribution in [0.2, 0.25) is 0 Å². The summed E-state index contributed by atoms with van der Waals surface area (Å²) in [4.78, 5) is 0. The molecule has 2 saturated heterocycles. The van der Waals surface area contributed by atoms with Gasteiger partial charge in [-0.25, -0.2) is 4.39 Å². The van der Waals surface area contributed by atoms with Gasteiger partial charge in [-0.2, -0.15) is 15.8 Å². The van der Waals surface area contributed by atoms with E-state index in [1.807, 2.05) is 12.1 Å². The number of nitrogens with zero attached hydrogens (tertiary/aromatic N) is 3. The number of nitriles is 3. The largest absolute Gasteiger partial charge is 0.447 e. The summed E-state index contributed by atoms with van der Waals surface area (Å²) in [6.07, 6.45) is -1.29. The summed E-state index contributed by atoms with van der Waals surface area (Å²) in [7, 11) is 0. The third-order valence-corrected chi connectivity index (χ3v) is 5.80. The van der Waals surface area contributed by atoms with Crippen molar-refractivity contribution >= 4 is 5.90 Å². The fraction of sp³-hybridized carbons (Fsp3) is 0.273. The van der Waals surface area contributed by atoms with Crippen molar-refractivity contribution in [2.24, 2.45) is 10.8 Å². The van der Waals surface area contributed by atoms with Crippen LogP contribution in [0.5, 0.6) is 0 Å². The van der Waals surface area contributed by atoms with Crippen molar-refractivity contribution in [1.29, 1.82) is 21.2 Å². The van der Waals surface area contributed by atoms with Gasteiger partial charge in [0.25, 0.3) is 0 Å². The van der Waals surface area contributed by atoms with Crippen molar-refractivity contribution in [3.05, 3.63) is 71.5 Å². The summed E-state index contributed by atoms with van der Waals surface area (Å²) in [6.45, 7) is 1.57. The molecule has 2 bridgehead atoms. The van der Waals surface area contributed by atoms with Crippen LogP contribution in [0.1, 0.15) is 30.1 Å². The van der Waals surface area contributed by atoms with Crippen LogP contribution in [0.4, 0.5) is 4.39 Å². The van der Waals surface area contributed by atoms with Crippen LogP contribution >= 0.6 is 0 Å². The van der Waals surface area contributed by atoms with Crippen LogP contribution in [0.15, 0.2) is 54.6 Å². The second-order valence-corrected chi connectivity index (χ2v) is 7.30. The molecule has 6 nitrogen and oxygen atoms in total. The highest BCUT2D eigenvalue weighted by Gasteiger charge is 2.79. The molecular weight excluding hydrogens is 371 g/mol.